The third kappa shape index (κ3) is 26.5. The fourth-order valence-electron chi connectivity index (χ4n) is 17.2. The van der Waals surface area contributed by atoms with Gasteiger partial charge in [0.05, 0.1) is 12.3 Å². The molecule has 8 nitrogen and oxygen atoms in total. The van der Waals surface area contributed by atoms with Crippen LogP contribution in [-0.4, -0.2) is 41.5 Å². The second-order valence-corrected chi connectivity index (χ2v) is 33.7. The monoisotopic (exact) mass is 2390 g/mol. The van der Waals surface area contributed by atoms with Crippen LogP contribution in [0.2, 0.25) is 0 Å². The number of nitrogens with zero attached hydrogens (tertiary/aromatic N) is 7. The molecule has 0 atom stereocenters. The van der Waals surface area contributed by atoms with Crippen LogP contribution in [0.3, 0.4) is 0 Å². The summed E-state index contributed by atoms with van der Waals surface area (Å²) in [6.45, 7) is 46.0. The Morgan fingerprint density at radius 2 is 0.976 bits per heavy atom. The summed E-state index contributed by atoms with van der Waals surface area (Å²) in [6, 6.07) is 87.2. The van der Waals surface area contributed by atoms with Crippen LogP contribution in [0.15, 0.2) is 232 Å². The van der Waals surface area contributed by atoms with E-state index in [9.17, 15) is 0 Å². The number of benzene rings is 10. The molecule has 662 valence electrons. The number of aryl methyl sites for hydroxylation is 14. The second kappa shape index (κ2) is 49.1. The minimum absolute atomic E-state index is 0. The van der Waals surface area contributed by atoms with Crippen LogP contribution >= 0.6 is 0 Å². The summed E-state index contributed by atoms with van der Waals surface area (Å²) in [5, 5.41) is 2.44. The van der Waals surface area contributed by atoms with Crippen molar-refractivity contribution in [2.45, 2.75) is 208 Å². The quantitative estimate of drug-likeness (QED) is 0.0412. The summed E-state index contributed by atoms with van der Waals surface area (Å²) < 4.78 is 5.92. The zero-order valence-corrected chi connectivity index (χ0v) is 87.0. The second-order valence-electron chi connectivity index (χ2n) is 33.7. The van der Waals surface area contributed by atoms with Crippen LogP contribution in [0, 0.1) is 100 Å². The molecule has 5 aromatic heterocycles. The van der Waals surface area contributed by atoms with Gasteiger partial charge >= 0.3 is 0 Å². The number of fused-ring (bicyclic) bond motifs is 1. The van der Waals surface area contributed by atoms with Crippen molar-refractivity contribution < 1.29 is 85.2 Å². The summed E-state index contributed by atoms with van der Waals surface area (Å²) in [5.74, 6) is 2.61. The largest absolute Gasteiger partial charge is 0.513 e. The molecule has 15 rings (SSSR count). The van der Waals surface area contributed by atoms with E-state index in [0.717, 1.165) is 142 Å². The summed E-state index contributed by atoms with van der Waals surface area (Å²) >= 11 is 0. The first kappa shape index (κ1) is 103. The van der Waals surface area contributed by atoms with Crippen molar-refractivity contribution in [3.63, 3.8) is 0 Å². The molecule has 0 aliphatic carbocycles. The van der Waals surface area contributed by atoms with Crippen LogP contribution in [0.4, 0.5) is 0 Å². The molecule has 0 amide bonds. The topological polar surface area (TPSA) is 99.5 Å². The van der Waals surface area contributed by atoms with Crippen molar-refractivity contribution in [2.75, 3.05) is 6.61 Å². The zero-order valence-electron chi connectivity index (χ0n) is 77.5. The van der Waals surface area contributed by atoms with Crippen molar-refractivity contribution in [3.8, 4) is 107 Å². The van der Waals surface area contributed by atoms with Gasteiger partial charge in [0.1, 0.15) is 12.2 Å². The maximum Gasteiger partial charge on any atom is 0.116 e. The van der Waals surface area contributed by atoms with Crippen LogP contribution in [-0.2, 0) is 106 Å². The fraction of sp³-hybridized carbons (Fsp3) is 0.278. The number of pyridine rings is 3. The van der Waals surface area contributed by atoms with E-state index in [1.165, 1.54) is 152 Å². The fourth-order valence-corrected chi connectivity index (χ4v) is 17.2. The van der Waals surface area contributed by atoms with E-state index in [0.29, 0.717) is 11.8 Å². The zero-order chi connectivity index (χ0) is 87.4. The molecule has 10 aromatic carbocycles. The Labute approximate surface area is 812 Å². The molecule has 4 radical (unpaired) electrons. The Morgan fingerprint density at radius 3 is 1.61 bits per heavy atom. The van der Waals surface area contributed by atoms with Gasteiger partial charge < -0.3 is 19.7 Å². The third-order valence-corrected chi connectivity index (χ3v) is 22.8. The Kier molecular flexibility index (Phi) is 39.7. The predicted molar refractivity (Wildman–Crippen MR) is 519 cm³/mol. The molecule has 0 N–H and O–H groups in total. The van der Waals surface area contributed by atoms with Crippen molar-refractivity contribution in [1.82, 2.24) is 34.9 Å². The van der Waals surface area contributed by atoms with Gasteiger partial charge in [0.25, 0.3) is 0 Å². The SMILES string of the molecule is C=Cc1cc(-c2c(C)cc(C)cc2C)c[c-]c1-c1cc(-c2c(C)cc(CCC)cc2C)ccn1.CCCCCc1ccc2c(-c3cc(-c4c(C)cc(C)cc4C)ncn3)[c-]ccc2c1.CCCOc1cc(-c2cc(-c3c(C(C)C)cccc3C(C)C)ccn2)[c-]cc1C.CCCc1nc(C)c[c-]c1-c1cc(Cc2ccc(-c3ccccc3)cc2)nc(C)n1.[Ir].[Ir].[Ir].[Ir]. The number of rotatable bonds is 25. The molecule has 0 unspecified atom stereocenters. The van der Waals surface area contributed by atoms with E-state index < -0.39 is 0 Å². The molecule has 15 aromatic rings. The molecule has 0 aliphatic heterocycles. The maximum atomic E-state index is 5.92. The predicted octanol–water partition coefficient (Wildman–Crippen LogP) is 30.2. The molecule has 0 saturated carbocycles. The Morgan fingerprint density at radius 1 is 0.394 bits per heavy atom. The Balaban J connectivity index is 0.000000208. The Bertz CT molecular complexity index is 6100. The summed E-state index contributed by atoms with van der Waals surface area (Å²) in [7, 11) is 0. The van der Waals surface area contributed by atoms with Crippen LogP contribution in [0.1, 0.15) is 212 Å². The van der Waals surface area contributed by atoms with E-state index in [1.54, 1.807) is 6.33 Å². The molecule has 0 fully saturated rings. The van der Waals surface area contributed by atoms with Crippen LogP contribution in [0.5, 0.6) is 5.75 Å². The average Bonchev–Trinajstić information content (AvgIpc) is 0.789. The number of hydrogen-bond acceptors (Lipinski definition) is 8. The normalized spacial score (nSPS) is 10.7. The minimum atomic E-state index is 0. The maximum absolute atomic E-state index is 5.92. The van der Waals surface area contributed by atoms with Gasteiger partial charge in [-0.15, -0.1) is 113 Å². The number of ether oxygens (including phenoxy) is 1. The van der Waals surface area contributed by atoms with Gasteiger partial charge in [0, 0.05) is 116 Å². The smallest absolute Gasteiger partial charge is 0.116 e. The summed E-state index contributed by atoms with van der Waals surface area (Å²) in [4.78, 5) is 32.7. The molecule has 5 heterocycles. The minimum Gasteiger partial charge on any atom is -0.513 e. The summed E-state index contributed by atoms with van der Waals surface area (Å²) in [6.07, 6.45) is 18.3. The van der Waals surface area contributed by atoms with E-state index in [1.807, 2.05) is 56.6 Å². The molecule has 0 spiro atoms. The first-order valence-corrected chi connectivity index (χ1v) is 44.2. The summed E-state index contributed by atoms with van der Waals surface area (Å²) in [5.41, 5.74) is 42.1. The van der Waals surface area contributed by atoms with Gasteiger partial charge in [0.2, 0.25) is 0 Å². The van der Waals surface area contributed by atoms with Crippen LogP contribution in [0.25, 0.3) is 118 Å². The van der Waals surface area contributed by atoms with Gasteiger partial charge in [-0.1, -0.05) is 291 Å². The first-order chi connectivity index (χ1) is 59.4. The molecule has 127 heavy (non-hydrogen) atoms. The van der Waals surface area contributed by atoms with Crippen LogP contribution < -0.4 is 4.74 Å². The number of aromatic nitrogens is 7. The van der Waals surface area contributed by atoms with Gasteiger partial charge in [0.15, 0.2) is 0 Å². The standard InChI is InChI=1S/C33H34N.C28H29N2.C27H26N3.C27H32NO.4Ir/c1-8-10-26-17-24(6)33(25(7)18-26)29-13-14-34-31(20-29)30-12-11-28(19-27(30)9-2)32-22(4)15-21(3)16-23(32)5;1-5-6-7-9-22-12-13-24-23(16-22)10-8-11-25(24)26-17-27(30-18-29-26)28-20(3)14-19(2)15-21(28)4;1-4-8-26-25(16-11-19(2)28-26)27-18-24(29-20(3)30-27)17-21-12-14-23(15-13-21)22-9-6-5-7-10-22;1-7-15-29-26-17-21(12-11-20(26)6)25-16-22(13-14-28-25)27-23(18(2)3)9-8-10-24(27)19(4)5;;;;/h9,11,13-20H,2,8,10H2,1,3-7H3;8,10,12-18H,5-7,9H2,1-4H3;5-7,9-15,18H,4,8,17H2,1-3H3;8-11,13-14,16-19H,7,15H2,1-6H3;;;;/q4*-1;;;;. The first-order valence-electron chi connectivity index (χ1n) is 44.2. The molecular weight excluding hydrogens is 2260 g/mol. The third-order valence-electron chi connectivity index (χ3n) is 22.8. The number of hydrogen-bond donors (Lipinski definition) is 0. The van der Waals surface area contributed by atoms with Gasteiger partial charge in [-0.2, -0.15) is 0 Å². The Hall–Kier alpha value is -9.79. The average molecular weight is 2390 g/mol. The van der Waals surface area contributed by atoms with Crippen molar-refractivity contribution in [3.05, 3.63) is 362 Å². The van der Waals surface area contributed by atoms with E-state index in [-0.39, 0.29) is 80.4 Å². The van der Waals surface area contributed by atoms with Gasteiger partial charge in [-0.25, -0.2) is 9.97 Å². The van der Waals surface area contributed by atoms with Crippen molar-refractivity contribution in [1.29, 1.82) is 0 Å². The van der Waals surface area contributed by atoms with Crippen molar-refractivity contribution >= 4 is 16.8 Å². The molecular formula is C115H121Ir4N7O-4. The molecule has 0 aliphatic rings. The van der Waals surface area contributed by atoms with Crippen molar-refractivity contribution in [2.24, 2.45) is 0 Å². The van der Waals surface area contributed by atoms with E-state index in [4.69, 9.17) is 14.7 Å². The van der Waals surface area contributed by atoms with E-state index >= 15 is 0 Å². The van der Waals surface area contributed by atoms with E-state index in [2.05, 4.69) is 355 Å². The molecule has 12 heteroatoms. The number of unbranched alkanes of at least 4 members (excludes halogenated alkanes) is 2. The molecule has 0 bridgehead atoms. The van der Waals surface area contributed by atoms with Gasteiger partial charge in [-0.3, -0.25) is 9.97 Å². The van der Waals surface area contributed by atoms with Gasteiger partial charge in [-0.05, 0) is 236 Å². The molecule has 0 saturated heterocycles.